The lowest BCUT2D eigenvalue weighted by Crippen LogP contribution is -2.28. The minimum Gasteiger partial charge on any atom is -0.346 e. The molecule has 0 atom stereocenters. The highest BCUT2D eigenvalue weighted by atomic mass is 15.2. The maximum Gasteiger partial charge on any atom is 0.0650 e. The van der Waals surface area contributed by atoms with E-state index in [4.69, 9.17) is 0 Å². The number of unbranched alkanes of at least 4 members (excludes halogenated alkanes) is 6. The molecule has 0 aromatic rings. The van der Waals surface area contributed by atoms with E-state index in [-0.39, 0.29) is 0 Å². The van der Waals surface area contributed by atoms with Crippen LogP contribution in [0, 0.1) is 0 Å². The van der Waals surface area contributed by atoms with Crippen molar-refractivity contribution in [2.45, 2.75) is 105 Å². The summed E-state index contributed by atoms with van der Waals surface area (Å²) in [4.78, 5) is 5.00. The maximum atomic E-state index is 2.50. The van der Waals surface area contributed by atoms with Crippen LogP contribution in [0.4, 0.5) is 0 Å². The lowest BCUT2D eigenvalue weighted by molar-refractivity contribution is 0.405. The molecular formula is C28H46N2. The van der Waals surface area contributed by atoms with Crippen LogP contribution >= 0.6 is 0 Å². The van der Waals surface area contributed by atoms with Crippen LogP contribution in [0.15, 0.2) is 59.2 Å². The molecule has 0 bridgehead atoms. The van der Waals surface area contributed by atoms with E-state index >= 15 is 0 Å². The van der Waals surface area contributed by atoms with Gasteiger partial charge in [0, 0.05) is 25.5 Å². The van der Waals surface area contributed by atoms with Crippen molar-refractivity contribution in [1.82, 2.24) is 9.80 Å². The van der Waals surface area contributed by atoms with Gasteiger partial charge in [0.15, 0.2) is 0 Å². The number of hydrogen-bond donors (Lipinski definition) is 0. The van der Waals surface area contributed by atoms with Gasteiger partial charge >= 0.3 is 0 Å². The first kappa shape index (κ1) is 24.6. The Hall–Kier alpha value is -1.70. The van der Waals surface area contributed by atoms with Crippen LogP contribution in [0.3, 0.4) is 0 Å². The minimum atomic E-state index is 1.11. The molecule has 0 aliphatic carbocycles. The molecule has 0 unspecified atom stereocenters. The molecule has 2 heteroatoms. The summed E-state index contributed by atoms with van der Waals surface area (Å²) in [7, 11) is 0. The number of hydrogen-bond acceptors (Lipinski definition) is 2. The Bertz CT molecular complexity index is 592. The second-order valence-corrected chi connectivity index (χ2v) is 8.85. The molecule has 168 valence electrons. The van der Waals surface area contributed by atoms with Gasteiger partial charge in [-0.25, -0.2) is 0 Å². The van der Waals surface area contributed by atoms with Crippen molar-refractivity contribution >= 4 is 0 Å². The monoisotopic (exact) mass is 410 g/mol. The van der Waals surface area contributed by atoms with Gasteiger partial charge in [0.2, 0.25) is 0 Å². The molecular weight excluding hydrogens is 364 g/mol. The van der Waals surface area contributed by atoms with Crippen molar-refractivity contribution in [2.75, 3.05) is 13.1 Å². The molecule has 2 nitrogen and oxygen atoms in total. The van der Waals surface area contributed by atoms with Gasteiger partial charge in [-0.15, -0.1) is 0 Å². The van der Waals surface area contributed by atoms with Crippen LogP contribution in [-0.2, 0) is 0 Å². The van der Waals surface area contributed by atoms with Gasteiger partial charge in [0.25, 0.3) is 0 Å². The van der Waals surface area contributed by atoms with E-state index in [1.165, 1.54) is 99.6 Å². The van der Waals surface area contributed by atoms with Crippen LogP contribution < -0.4 is 0 Å². The summed E-state index contributed by atoms with van der Waals surface area (Å²) in [5, 5.41) is 0. The third kappa shape index (κ3) is 7.85. The van der Waals surface area contributed by atoms with Gasteiger partial charge < -0.3 is 9.80 Å². The van der Waals surface area contributed by atoms with E-state index in [0.29, 0.717) is 0 Å². The molecule has 0 N–H and O–H groups in total. The van der Waals surface area contributed by atoms with Crippen molar-refractivity contribution in [2.24, 2.45) is 0 Å². The fraction of sp³-hybridized carbons (Fsp3) is 0.643. The molecule has 0 radical (unpaired) electrons. The summed E-state index contributed by atoms with van der Waals surface area (Å²) >= 11 is 0. The molecule has 2 aliphatic heterocycles. The van der Waals surface area contributed by atoms with Crippen molar-refractivity contribution < 1.29 is 0 Å². The smallest absolute Gasteiger partial charge is 0.0650 e. The summed E-state index contributed by atoms with van der Waals surface area (Å²) in [6, 6.07) is 0. The van der Waals surface area contributed by atoms with E-state index in [2.05, 4.69) is 74.2 Å². The third-order valence-electron chi connectivity index (χ3n) is 6.11. The third-order valence-corrected chi connectivity index (χ3v) is 6.11. The molecule has 0 saturated carbocycles. The highest BCUT2D eigenvalue weighted by Gasteiger charge is 2.20. The predicted molar refractivity (Wildman–Crippen MR) is 133 cm³/mol. The zero-order chi connectivity index (χ0) is 21.6. The minimum absolute atomic E-state index is 1.11. The second-order valence-electron chi connectivity index (χ2n) is 8.85. The second kappa shape index (κ2) is 14.3. The van der Waals surface area contributed by atoms with Crippen LogP contribution in [0.5, 0.6) is 0 Å². The number of nitrogens with zero attached hydrogens (tertiary/aromatic N) is 2. The van der Waals surface area contributed by atoms with Crippen molar-refractivity contribution in [3.8, 4) is 0 Å². The Morgan fingerprint density at radius 3 is 1.30 bits per heavy atom. The average Bonchev–Trinajstić information content (AvgIpc) is 2.77. The Morgan fingerprint density at radius 1 is 0.533 bits per heavy atom. The first-order chi connectivity index (χ1) is 14.7. The van der Waals surface area contributed by atoms with Crippen LogP contribution in [0.2, 0.25) is 0 Å². The van der Waals surface area contributed by atoms with Crippen molar-refractivity contribution in [3.63, 3.8) is 0 Å². The summed E-state index contributed by atoms with van der Waals surface area (Å²) < 4.78 is 0. The standard InChI is InChI=1S/C28H46N2/c1-5-9-13-15-25-17-21-29(19-11-7-3)27(23-25)28-24-26(16-14-10-6-2)18-22-30(28)20-12-8-4/h17-18,21-24H,5-16,19-20H2,1-4H3. The maximum absolute atomic E-state index is 2.50. The summed E-state index contributed by atoms with van der Waals surface area (Å²) in [6.45, 7) is 11.4. The molecule has 2 aliphatic rings. The van der Waals surface area contributed by atoms with Crippen LogP contribution in [0.1, 0.15) is 105 Å². The molecule has 2 heterocycles. The lowest BCUT2D eigenvalue weighted by Gasteiger charge is -2.33. The van der Waals surface area contributed by atoms with E-state index < -0.39 is 0 Å². The fourth-order valence-corrected chi connectivity index (χ4v) is 4.10. The molecule has 2 rings (SSSR count). The van der Waals surface area contributed by atoms with Crippen molar-refractivity contribution in [1.29, 1.82) is 0 Å². The Balaban J connectivity index is 2.35. The normalized spacial score (nSPS) is 18.8. The molecule has 30 heavy (non-hydrogen) atoms. The summed E-state index contributed by atoms with van der Waals surface area (Å²) in [5.74, 6) is 0. The Labute approximate surface area is 187 Å². The van der Waals surface area contributed by atoms with Gasteiger partial charge in [-0.3, -0.25) is 0 Å². The first-order valence-corrected chi connectivity index (χ1v) is 12.8. The molecule has 0 saturated heterocycles. The van der Waals surface area contributed by atoms with Gasteiger partial charge in [-0.2, -0.15) is 0 Å². The van der Waals surface area contributed by atoms with E-state index in [1.807, 2.05) is 0 Å². The predicted octanol–water partition coefficient (Wildman–Crippen LogP) is 8.47. The summed E-state index contributed by atoms with van der Waals surface area (Å²) in [5.41, 5.74) is 5.80. The number of allylic oxidation sites excluding steroid dienone is 6. The van der Waals surface area contributed by atoms with Crippen molar-refractivity contribution in [3.05, 3.63) is 59.2 Å². The van der Waals surface area contributed by atoms with Crippen LogP contribution in [-0.4, -0.2) is 22.9 Å². The van der Waals surface area contributed by atoms with E-state index in [9.17, 15) is 0 Å². The van der Waals surface area contributed by atoms with E-state index in [0.717, 1.165) is 13.1 Å². The molecule has 0 fully saturated rings. The molecule has 0 amide bonds. The van der Waals surface area contributed by atoms with Gasteiger partial charge in [-0.05, 0) is 74.0 Å². The van der Waals surface area contributed by atoms with Gasteiger partial charge in [-0.1, -0.05) is 66.2 Å². The first-order valence-electron chi connectivity index (χ1n) is 12.8. The zero-order valence-electron chi connectivity index (χ0n) is 20.3. The van der Waals surface area contributed by atoms with Crippen LogP contribution in [0.25, 0.3) is 0 Å². The Kier molecular flexibility index (Phi) is 11.7. The highest BCUT2D eigenvalue weighted by molar-refractivity contribution is 5.45. The molecule has 0 aromatic carbocycles. The lowest BCUT2D eigenvalue weighted by atomic mass is 9.99. The number of rotatable bonds is 14. The molecule has 0 spiro atoms. The fourth-order valence-electron chi connectivity index (χ4n) is 4.10. The SMILES string of the molecule is CCCCCC1=CC(=C2C=C(CCCCC)C=CN2CCCC)N(CCCC)C=C1. The van der Waals surface area contributed by atoms with E-state index in [1.54, 1.807) is 0 Å². The molecule has 0 aromatic heterocycles. The topological polar surface area (TPSA) is 6.48 Å². The average molecular weight is 411 g/mol. The largest absolute Gasteiger partial charge is 0.346 e. The zero-order valence-corrected chi connectivity index (χ0v) is 20.3. The van der Waals surface area contributed by atoms with Gasteiger partial charge in [0.05, 0.1) is 11.4 Å². The Morgan fingerprint density at radius 2 is 0.933 bits per heavy atom. The summed E-state index contributed by atoms with van der Waals surface area (Å²) in [6.07, 6.45) is 29.5. The highest BCUT2D eigenvalue weighted by Crippen LogP contribution is 2.30. The quantitative estimate of drug-likeness (QED) is 0.265. The van der Waals surface area contributed by atoms with Gasteiger partial charge in [0.1, 0.15) is 0 Å².